The van der Waals surface area contributed by atoms with E-state index in [-0.39, 0.29) is 11.8 Å². The molecule has 0 amide bonds. The second-order valence-corrected chi connectivity index (χ2v) is 5.55. The lowest BCUT2D eigenvalue weighted by molar-refractivity contribution is -0.151. The first kappa shape index (κ1) is 14.5. The van der Waals surface area contributed by atoms with Crippen LogP contribution in [-0.2, 0) is 14.3 Å². The largest absolute Gasteiger partial charge is 0.459 e. The van der Waals surface area contributed by atoms with E-state index in [1.54, 1.807) is 6.92 Å². The second kappa shape index (κ2) is 6.88. The van der Waals surface area contributed by atoms with Crippen molar-refractivity contribution in [2.24, 2.45) is 0 Å². The van der Waals surface area contributed by atoms with Crippen LogP contribution < -0.4 is 0 Å². The summed E-state index contributed by atoms with van der Waals surface area (Å²) in [5.41, 5.74) is -0.406. The molecule has 0 heterocycles. The Morgan fingerprint density at radius 2 is 1.87 bits per heavy atom. The van der Waals surface area contributed by atoms with Crippen LogP contribution in [0.2, 0.25) is 0 Å². The molecule has 4 heteroatoms. The molecule has 0 bridgehead atoms. The van der Waals surface area contributed by atoms with Gasteiger partial charge in [-0.25, -0.2) is 0 Å². The van der Waals surface area contributed by atoms with Gasteiger partial charge in [-0.3, -0.25) is 4.79 Å². The summed E-state index contributed by atoms with van der Waals surface area (Å²) in [7, 11) is 0. The number of thioether (sulfide) groups is 1. The summed E-state index contributed by atoms with van der Waals surface area (Å²) in [6.45, 7) is 7.14. The minimum absolute atomic E-state index is 0.185. The fourth-order valence-corrected chi connectivity index (χ4v) is 1.67. The fourth-order valence-electron chi connectivity index (χ4n) is 0.950. The molecule has 0 aliphatic rings. The molecule has 0 aromatic rings. The van der Waals surface area contributed by atoms with Crippen molar-refractivity contribution < 1.29 is 14.3 Å². The van der Waals surface area contributed by atoms with Crippen molar-refractivity contribution in [2.45, 2.75) is 46.1 Å². The van der Waals surface area contributed by atoms with Crippen molar-refractivity contribution >= 4 is 23.5 Å². The van der Waals surface area contributed by atoms with Crippen molar-refractivity contribution in [1.29, 1.82) is 0 Å². The molecule has 0 unspecified atom stereocenters. The Balaban J connectivity index is 3.44. The van der Waals surface area contributed by atoms with Crippen LogP contribution in [0.1, 0.15) is 40.5 Å². The molecule has 3 nitrogen and oxygen atoms in total. The summed E-state index contributed by atoms with van der Waals surface area (Å²) in [5, 5.41) is 0. The average molecular weight is 232 g/mol. The number of esters is 1. The maximum Gasteiger partial charge on any atom is 0.316 e. The van der Waals surface area contributed by atoms with Crippen LogP contribution in [0.3, 0.4) is 0 Å². The van der Waals surface area contributed by atoms with Crippen LogP contribution in [0, 0.1) is 0 Å². The molecule has 0 fully saturated rings. The molecular weight excluding hydrogens is 212 g/mol. The Morgan fingerprint density at radius 1 is 1.27 bits per heavy atom. The van der Waals surface area contributed by atoms with Gasteiger partial charge in [0.15, 0.2) is 0 Å². The molecule has 0 aliphatic carbocycles. The first-order valence-corrected chi connectivity index (χ1v) is 6.26. The van der Waals surface area contributed by atoms with Gasteiger partial charge in [0.25, 0.3) is 0 Å². The Labute approximate surface area is 95.9 Å². The van der Waals surface area contributed by atoms with Gasteiger partial charge < -0.3 is 9.53 Å². The molecular formula is C11H20O3S. The third kappa shape index (κ3) is 11.4. The fraction of sp³-hybridized carbons (Fsp3) is 0.818. The lowest BCUT2D eigenvalue weighted by Crippen LogP contribution is -2.25. The normalized spacial score (nSPS) is 11.2. The van der Waals surface area contributed by atoms with Gasteiger partial charge in [0.2, 0.25) is 0 Å². The van der Waals surface area contributed by atoms with Crippen LogP contribution in [-0.4, -0.2) is 28.9 Å². The summed E-state index contributed by atoms with van der Waals surface area (Å²) in [5.74, 6) is 1.22. The number of hydrogen-bond acceptors (Lipinski definition) is 4. The van der Waals surface area contributed by atoms with Gasteiger partial charge in [-0.2, -0.15) is 11.8 Å². The van der Waals surface area contributed by atoms with Crippen molar-refractivity contribution in [3.05, 3.63) is 0 Å². The first-order valence-electron chi connectivity index (χ1n) is 5.10. The Bertz CT molecular complexity index is 218. The summed E-state index contributed by atoms with van der Waals surface area (Å²) in [6, 6.07) is 0. The van der Waals surface area contributed by atoms with E-state index < -0.39 is 5.60 Å². The smallest absolute Gasteiger partial charge is 0.316 e. The van der Waals surface area contributed by atoms with E-state index in [9.17, 15) is 9.59 Å². The molecule has 0 saturated carbocycles. The lowest BCUT2D eigenvalue weighted by atomic mass is 10.2. The molecule has 0 aromatic carbocycles. The zero-order valence-electron chi connectivity index (χ0n) is 9.96. The summed E-state index contributed by atoms with van der Waals surface area (Å²) in [6.07, 6.45) is 1.43. The number of ether oxygens (including phenoxy) is 1. The maximum atomic E-state index is 11.2. The highest BCUT2D eigenvalue weighted by molar-refractivity contribution is 7.99. The average Bonchev–Trinajstić information content (AvgIpc) is 1.99. The molecule has 0 aromatic heterocycles. The predicted molar refractivity (Wildman–Crippen MR) is 63.1 cm³/mol. The molecule has 15 heavy (non-hydrogen) atoms. The van der Waals surface area contributed by atoms with Crippen LogP contribution in [0.4, 0.5) is 0 Å². The molecule has 0 N–H and O–H groups in total. The highest BCUT2D eigenvalue weighted by Crippen LogP contribution is 2.11. The van der Waals surface area contributed by atoms with Gasteiger partial charge >= 0.3 is 5.97 Å². The van der Waals surface area contributed by atoms with Gasteiger partial charge in [-0.1, -0.05) is 0 Å². The summed E-state index contributed by atoms with van der Waals surface area (Å²) < 4.78 is 5.14. The minimum atomic E-state index is -0.406. The standard InChI is InChI=1S/C11H20O3S/c1-9(12)6-5-7-15-8-10(13)14-11(2,3)4/h5-8H2,1-4H3. The van der Waals surface area contributed by atoms with Gasteiger partial charge in [0.05, 0.1) is 5.75 Å². The molecule has 0 atom stereocenters. The summed E-state index contributed by atoms with van der Waals surface area (Å²) >= 11 is 1.52. The number of rotatable bonds is 6. The van der Waals surface area contributed by atoms with E-state index in [0.717, 1.165) is 12.2 Å². The monoisotopic (exact) mass is 232 g/mol. The molecule has 0 aliphatic heterocycles. The van der Waals surface area contributed by atoms with E-state index >= 15 is 0 Å². The van der Waals surface area contributed by atoms with E-state index in [1.807, 2.05) is 20.8 Å². The van der Waals surface area contributed by atoms with Crippen LogP contribution in [0.15, 0.2) is 0 Å². The number of hydrogen-bond donors (Lipinski definition) is 0. The van der Waals surface area contributed by atoms with Crippen molar-refractivity contribution in [2.75, 3.05) is 11.5 Å². The third-order valence-corrected chi connectivity index (χ3v) is 2.47. The summed E-state index contributed by atoms with van der Waals surface area (Å²) in [4.78, 5) is 21.9. The number of carbonyl (C=O) groups is 2. The molecule has 0 spiro atoms. The van der Waals surface area contributed by atoms with Gasteiger partial charge in [-0.15, -0.1) is 0 Å². The predicted octanol–water partition coefficient (Wildman–Crippen LogP) is 2.43. The van der Waals surface area contributed by atoms with Crippen LogP contribution >= 0.6 is 11.8 Å². The van der Waals surface area contributed by atoms with Crippen molar-refractivity contribution in [1.82, 2.24) is 0 Å². The molecule has 0 saturated heterocycles. The topological polar surface area (TPSA) is 43.4 Å². The third-order valence-electron chi connectivity index (χ3n) is 1.46. The quantitative estimate of drug-likeness (QED) is 0.521. The van der Waals surface area contributed by atoms with Gasteiger partial charge in [0.1, 0.15) is 11.4 Å². The number of ketones is 1. The SMILES string of the molecule is CC(=O)CCCSCC(=O)OC(C)(C)C. The minimum Gasteiger partial charge on any atom is -0.459 e. The van der Waals surface area contributed by atoms with E-state index in [0.29, 0.717) is 12.2 Å². The zero-order valence-corrected chi connectivity index (χ0v) is 10.8. The maximum absolute atomic E-state index is 11.2. The molecule has 0 radical (unpaired) electrons. The van der Waals surface area contributed by atoms with Gasteiger partial charge in [-0.05, 0) is 39.9 Å². The van der Waals surface area contributed by atoms with Crippen LogP contribution in [0.25, 0.3) is 0 Å². The van der Waals surface area contributed by atoms with Crippen molar-refractivity contribution in [3.8, 4) is 0 Å². The second-order valence-electron chi connectivity index (χ2n) is 4.44. The Hall–Kier alpha value is -0.510. The Morgan fingerprint density at radius 3 is 2.33 bits per heavy atom. The number of Topliss-reactive ketones (excluding diaryl/α,β-unsaturated/α-hetero) is 1. The molecule has 88 valence electrons. The van der Waals surface area contributed by atoms with E-state index in [4.69, 9.17) is 4.74 Å². The highest BCUT2D eigenvalue weighted by Gasteiger charge is 2.15. The zero-order chi connectivity index (χ0) is 11.9. The van der Waals surface area contributed by atoms with Crippen molar-refractivity contribution in [3.63, 3.8) is 0 Å². The van der Waals surface area contributed by atoms with E-state index in [1.165, 1.54) is 11.8 Å². The molecule has 0 rings (SSSR count). The van der Waals surface area contributed by atoms with Crippen LogP contribution in [0.5, 0.6) is 0 Å². The number of carbonyl (C=O) groups excluding carboxylic acids is 2. The first-order chi connectivity index (χ1) is 6.81. The highest BCUT2D eigenvalue weighted by atomic mass is 32.2. The van der Waals surface area contributed by atoms with Gasteiger partial charge in [0, 0.05) is 6.42 Å². The lowest BCUT2D eigenvalue weighted by Gasteiger charge is -2.19. The van der Waals surface area contributed by atoms with E-state index in [2.05, 4.69) is 0 Å². The Kier molecular flexibility index (Phi) is 6.65.